The summed E-state index contributed by atoms with van der Waals surface area (Å²) in [4.78, 5) is 38.5. The monoisotopic (exact) mass is 541 g/mol. The number of aryl methyl sites for hydroxylation is 1. The number of carbonyl (C=O) groups excluding carboxylic acids is 2. The molecular weight excluding hydrogens is 510 g/mol. The zero-order valence-corrected chi connectivity index (χ0v) is 23.6. The zero-order valence-electron chi connectivity index (χ0n) is 22.0. The molecule has 2 saturated heterocycles. The normalized spacial score (nSPS) is 21.3. The summed E-state index contributed by atoms with van der Waals surface area (Å²) in [7, 11) is 1.66. The predicted molar refractivity (Wildman–Crippen MR) is 146 cm³/mol. The van der Waals surface area contributed by atoms with E-state index in [0.29, 0.717) is 5.02 Å². The largest absolute Gasteiger partial charge is 0.369 e. The van der Waals surface area contributed by atoms with Gasteiger partial charge < -0.3 is 15.0 Å². The molecule has 2 fully saturated rings. The van der Waals surface area contributed by atoms with Gasteiger partial charge in [-0.3, -0.25) is 9.69 Å². The van der Waals surface area contributed by atoms with Crippen molar-refractivity contribution in [3.63, 3.8) is 0 Å². The molecule has 1 N–H and O–H groups in total. The van der Waals surface area contributed by atoms with Crippen LogP contribution in [0, 0.1) is 6.92 Å². The Morgan fingerprint density at radius 2 is 1.95 bits per heavy atom. The number of thiophene rings is 1. The van der Waals surface area contributed by atoms with Gasteiger partial charge in [-0.1, -0.05) is 11.6 Å². The van der Waals surface area contributed by atoms with Crippen LogP contribution in [0.5, 0.6) is 0 Å². The molecule has 10 heteroatoms. The molecule has 1 aromatic carbocycles. The van der Waals surface area contributed by atoms with E-state index in [4.69, 9.17) is 16.3 Å². The first-order valence-corrected chi connectivity index (χ1v) is 13.6. The number of ether oxygens (including phenoxy) is 1. The molecule has 3 amide bonds. The van der Waals surface area contributed by atoms with Crippen LogP contribution in [0.1, 0.15) is 43.7 Å². The van der Waals surface area contributed by atoms with Crippen LogP contribution in [0.25, 0.3) is 21.5 Å². The first-order valence-electron chi connectivity index (χ1n) is 12.4. The molecule has 0 aliphatic carbocycles. The Morgan fingerprint density at radius 3 is 2.62 bits per heavy atom. The first-order chi connectivity index (χ1) is 17.4. The summed E-state index contributed by atoms with van der Waals surface area (Å²) in [5.41, 5.74) is 3.64. The van der Waals surface area contributed by atoms with Gasteiger partial charge in [0, 0.05) is 42.0 Å². The number of aromatic nitrogens is 2. The van der Waals surface area contributed by atoms with Gasteiger partial charge in [0.2, 0.25) is 0 Å². The number of benzene rings is 1. The highest BCUT2D eigenvalue weighted by molar-refractivity contribution is 7.19. The Bertz CT molecular complexity index is 1400. The lowest BCUT2D eigenvalue weighted by molar-refractivity contribution is -0.131. The minimum absolute atomic E-state index is 0.0196. The standard InChI is InChI=1S/C27H32ClN5O3S/c1-15-7-16(28)8-20(19(15)9-17-11-29-13-26(2,3)36-17)22-23-21(30-14-31-22)10-18(37-23)12-33-24(34)27(4,5)32(6)25(33)35/h7-8,10,14,17,29H,9,11-13H2,1-6H3/t17-/m1/s1. The smallest absolute Gasteiger partial charge is 0.327 e. The Labute approximate surface area is 226 Å². The molecule has 0 bridgehead atoms. The molecule has 2 aliphatic rings. The van der Waals surface area contributed by atoms with E-state index in [-0.39, 0.29) is 30.2 Å². The number of carbonyl (C=O) groups is 2. The number of halogens is 1. The molecular formula is C27H32ClN5O3S. The maximum Gasteiger partial charge on any atom is 0.327 e. The van der Waals surface area contributed by atoms with E-state index in [2.05, 4.69) is 36.1 Å². The Balaban J connectivity index is 1.52. The maximum atomic E-state index is 12.9. The molecule has 5 rings (SSSR count). The molecule has 37 heavy (non-hydrogen) atoms. The Hall–Kier alpha value is -2.59. The fourth-order valence-electron chi connectivity index (χ4n) is 5.12. The average molecular weight is 542 g/mol. The van der Waals surface area contributed by atoms with Crippen LogP contribution >= 0.6 is 22.9 Å². The number of hydrogen-bond donors (Lipinski definition) is 1. The minimum atomic E-state index is -0.865. The highest BCUT2D eigenvalue weighted by Crippen LogP contribution is 2.38. The summed E-state index contributed by atoms with van der Waals surface area (Å²) >= 11 is 8.03. The van der Waals surface area contributed by atoms with Crippen molar-refractivity contribution in [1.29, 1.82) is 0 Å². The molecule has 2 aromatic heterocycles. The number of fused-ring (bicyclic) bond motifs is 1. The van der Waals surface area contributed by atoms with Gasteiger partial charge in [0.25, 0.3) is 5.91 Å². The van der Waals surface area contributed by atoms with Crippen LogP contribution in [0.15, 0.2) is 24.5 Å². The van der Waals surface area contributed by atoms with Gasteiger partial charge in [-0.2, -0.15) is 0 Å². The van der Waals surface area contributed by atoms with Crippen molar-refractivity contribution in [3.05, 3.63) is 45.6 Å². The number of likely N-dealkylation sites (N-methyl/N-ethyl adjacent to an activating group) is 1. The lowest BCUT2D eigenvalue weighted by atomic mass is 9.93. The molecule has 0 unspecified atom stereocenters. The number of imide groups is 1. The third kappa shape index (κ3) is 4.74. The topological polar surface area (TPSA) is 87.7 Å². The summed E-state index contributed by atoms with van der Waals surface area (Å²) in [5, 5.41) is 4.12. The van der Waals surface area contributed by atoms with E-state index in [1.807, 2.05) is 18.2 Å². The van der Waals surface area contributed by atoms with E-state index in [1.165, 1.54) is 21.1 Å². The third-order valence-corrected chi connectivity index (χ3v) is 8.67. The van der Waals surface area contributed by atoms with Crippen LogP contribution in [0.2, 0.25) is 5.02 Å². The van der Waals surface area contributed by atoms with Gasteiger partial charge in [0.15, 0.2) is 0 Å². The lowest BCUT2D eigenvalue weighted by Crippen LogP contribution is -2.51. The van der Waals surface area contributed by atoms with E-state index in [0.717, 1.165) is 57.0 Å². The van der Waals surface area contributed by atoms with Crippen molar-refractivity contribution in [2.45, 2.75) is 64.8 Å². The number of morpholine rings is 1. The maximum absolute atomic E-state index is 12.9. The molecule has 3 aromatic rings. The summed E-state index contributed by atoms with van der Waals surface area (Å²) in [5.74, 6) is -0.208. The van der Waals surface area contributed by atoms with Gasteiger partial charge in [0.05, 0.1) is 34.2 Å². The third-order valence-electron chi connectivity index (χ3n) is 7.33. The van der Waals surface area contributed by atoms with Crippen LogP contribution in [-0.4, -0.2) is 69.1 Å². The van der Waals surface area contributed by atoms with Crippen LogP contribution < -0.4 is 5.32 Å². The van der Waals surface area contributed by atoms with Crippen LogP contribution in [0.3, 0.4) is 0 Å². The van der Waals surface area contributed by atoms with Crippen molar-refractivity contribution >= 4 is 45.1 Å². The second kappa shape index (κ2) is 9.31. The lowest BCUT2D eigenvalue weighted by Gasteiger charge is -2.37. The molecule has 4 heterocycles. The van der Waals surface area contributed by atoms with Crippen LogP contribution in [0.4, 0.5) is 4.79 Å². The number of nitrogens with zero attached hydrogens (tertiary/aromatic N) is 4. The summed E-state index contributed by atoms with van der Waals surface area (Å²) in [6, 6.07) is 5.57. The molecule has 0 saturated carbocycles. The van der Waals surface area contributed by atoms with E-state index < -0.39 is 5.54 Å². The van der Waals surface area contributed by atoms with E-state index >= 15 is 0 Å². The van der Waals surface area contributed by atoms with Crippen molar-refractivity contribution < 1.29 is 14.3 Å². The summed E-state index contributed by atoms with van der Waals surface area (Å²) < 4.78 is 7.26. The van der Waals surface area contributed by atoms with E-state index in [9.17, 15) is 9.59 Å². The Kier molecular flexibility index (Phi) is 6.55. The Morgan fingerprint density at radius 1 is 1.19 bits per heavy atom. The van der Waals surface area contributed by atoms with Crippen molar-refractivity contribution in [3.8, 4) is 11.3 Å². The number of amides is 3. The fourth-order valence-corrected chi connectivity index (χ4v) is 6.49. The summed E-state index contributed by atoms with van der Waals surface area (Å²) in [6.45, 7) is 11.6. The predicted octanol–water partition coefficient (Wildman–Crippen LogP) is 4.80. The average Bonchev–Trinajstić information content (AvgIpc) is 3.30. The minimum Gasteiger partial charge on any atom is -0.369 e. The van der Waals surface area contributed by atoms with Crippen LogP contribution in [-0.2, 0) is 22.5 Å². The fraction of sp³-hybridized carbons (Fsp3) is 0.481. The second-order valence-corrected chi connectivity index (χ2v) is 12.6. The van der Waals surface area contributed by atoms with Gasteiger partial charge in [-0.15, -0.1) is 11.3 Å². The quantitative estimate of drug-likeness (QED) is 0.467. The second-order valence-electron chi connectivity index (χ2n) is 11.0. The highest BCUT2D eigenvalue weighted by Gasteiger charge is 2.49. The molecule has 8 nitrogen and oxygen atoms in total. The van der Waals surface area contributed by atoms with E-state index in [1.54, 1.807) is 27.2 Å². The molecule has 0 radical (unpaired) electrons. The molecule has 2 aliphatic heterocycles. The molecule has 196 valence electrons. The number of rotatable bonds is 5. The van der Waals surface area contributed by atoms with Gasteiger partial charge >= 0.3 is 6.03 Å². The van der Waals surface area contributed by atoms with Crippen molar-refractivity contribution in [2.75, 3.05) is 20.1 Å². The summed E-state index contributed by atoms with van der Waals surface area (Å²) in [6.07, 6.45) is 2.29. The number of nitrogens with one attached hydrogen (secondary N) is 1. The van der Waals surface area contributed by atoms with Gasteiger partial charge in [-0.25, -0.2) is 14.8 Å². The molecule has 0 spiro atoms. The first kappa shape index (κ1) is 26.0. The van der Waals surface area contributed by atoms with Gasteiger partial charge in [-0.05, 0) is 63.9 Å². The SMILES string of the molecule is Cc1cc(Cl)cc(-c2ncnc3cc(CN4C(=O)N(C)C(C)(C)C4=O)sc23)c1C[C@@H]1CNCC(C)(C)O1. The highest BCUT2D eigenvalue weighted by atomic mass is 35.5. The molecule has 1 atom stereocenters. The van der Waals surface area contributed by atoms with Crippen molar-refractivity contribution in [2.24, 2.45) is 0 Å². The number of urea groups is 1. The van der Waals surface area contributed by atoms with Crippen molar-refractivity contribution in [1.82, 2.24) is 25.1 Å². The number of hydrogen-bond acceptors (Lipinski definition) is 7. The zero-order chi connectivity index (χ0) is 26.7. The van der Waals surface area contributed by atoms with Gasteiger partial charge in [0.1, 0.15) is 11.9 Å².